The summed E-state index contributed by atoms with van der Waals surface area (Å²) in [6.45, 7) is 0.627. The molecule has 7 heteroatoms. The maximum atomic E-state index is 12.9. The number of aromatic carboxylic acids is 1. The summed E-state index contributed by atoms with van der Waals surface area (Å²) in [5.74, 6) is -1.71. The Morgan fingerprint density at radius 1 is 0.933 bits per heavy atom. The molecule has 0 fully saturated rings. The number of hydrogen-bond donors (Lipinski definition) is 2. The van der Waals surface area contributed by atoms with E-state index < -0.39 is 11.9 Å². The zero-order valence-corrected chi connectivity index (χ0v) is 17.3. The van der Waals surface area contributed by atoms with Crippen LogP contribution in [-0.2, 0) is 6.42 Å². The first-order valence-corrected chi connectivity index (χ1v) is 10.1. The fraction of sp³-hybridized carbons (Fsp3) is 0.0870. The average Bonchev–Trinajstić information content (AvgIpc) is 3.18. The van der Waals surface area contributed by atoms with E-state index in [1.807, 2.05) is 24.3 Å². The van der Waals surface area contributed by atoms with Gasteiger partial charge in [-0.25, -0.2) is 4.79 Å². The van der Waals surface area contributed by atoms with Gasteiger partial charge in [-0.05, 0) is 60.5 Å². The van der Waals surface area contributed by atoms with Crippen LogP contribution in [0.25, 0.3) is 0 Å². The third-order valence-corrected chi connectivity index (χ3v) is 5.48. The van der Waals surface area contributed by atoms with E-state index >= 15 is 0 Å². The molecule has 0 radical (unpaired) electrons. The zero-order chi connectivity index (χ0) is 21.3. The predicted molar refractivity (Wildman–Crippen MR) is 117 cm³/mol. The van der Waals surface area contributed by atoms with E-state index in [2.05, 4.69) is 21.2 Å². The van der Waals surface area contributed by atoms with Crippen molar-refractivity contribution in [1.82, 2.24) is 0 Å². The molecule has 1 aliphatic heterocycles. The summed E-state index contributed by atoms with van der Waals surface area (Å²) in [5, 5.41) is 11.9. The molecular weight excluding hydrogens is 448 g/mol. The number of carbonyl (C=O) groups is 3. The fourth-order valence-corrected chi connectivity index (χ4v) is 3.83. The monoisotopic (exact) mass is 464 g/mol. The van der Waals surface area contributed by atoms with Crippen LogP contribution < -0.4 is 10.2 Å². The van der Waals surface area contributed by atoms with Gasteiger partial charge >= 0.3 is 5.97 Å². The average molecular weight is 465 g/mol. The number of amides is 2. The van der Waals surface area contributed by atoms with Crippen molar-refractivity contribution in [2.75, 3.05) is 16.8 Å². The maximum absolute atomic E-state index is 12.9. The highest BCUT2D eigenvalue weighted by atomic mass is 79.9. The number of anilines is 2. The molecule has 1 aliphatic rings. The van der Waals surface area contributed by atoms with Gasteiger partial charge in [0.1, 0.15) is 0 Å². The van der Waals surface area contributed by atoms with Crippen molar-refractivity contribution in [2.45, 2.75) is 6.42 Å². The Morgan fingerprint density at radius 3 is 2.37 bits per heavy atom. The molecule has 0 atom stereocenters. The minimum Gasteiger partial charge on any atom is -0.478 e. The molecule has 2 amide bonds. The van der Waals surface area contributed by atoms with E-state index in [0.29, 0.717) is 22.1 Å². The van der Waals surface area contributed by atoms with Crippen molar-refractivity contribution in [3.05, 3.63) is 93.5 Å². The number of fused-ring (bicyclic) bond motifs is 1. The number of para-hydroxylation sites is 1. The van der Waals surface area contributed by atoms with Crippen molar-refractivity contribution < 1.29 is 19.5 Å². The van der Waals surface area contributed by atoms with Crippen molar-refractivity contribution in [2.24, 2.45) is 0 Å². The number of carbonyl (C=O) groups excluding carboxylic acids is 2. The molecule has 4 rings (SSSR count). The number of carboxylic acids is 1. The second-order valence-corrected chi connectivity index (χ2v) is 7.78. The molecule has 3 aromatic carbocycles. The summed E-state index contributed by atoms with van der Waals surface area (Å²) >= 11 is 3.22. The molecule has 0 unspecified atom stereocenters. The molecule has 0 spiro atoms. The van der Waals surface area contributed by atoms with Crippen LogP contribution in [0.2, 0.25) is 0 Å². The van der Waals surface area contributed by atoms with Crippen LogP contribution >= 0.6 is 15.9 Å². The maximum Gasteiger partial charge on any atom is 0.337 e. The molecule has 2 N–H and O–H groups in total. The summed E-state index contributed by atoms with van der Waals surface area (Å²) in [7, 11) is 0. The van der Waals surface area contributed by atoms with E-state index in [9.17, 15) is 19.5 Å². The molecule has 0 bridgehead atoms. The van der Waals surface area contributed by atoms with Crippen LogP contribution in [0.3, 0.4) is 0 Å². The largest absolute Gasteiger partial charge is 0.478 e. The number of carboxylic acid groups (broad SMARTS) is 1. The quantitative estimate of drug-likeness (QED) is 0.590. The molecule has 150 valence electrons. The summed E-state index contributed by atoms with van der Waals surface area (Å²) in [6, 6.07) is 18.7. The third-order valence-electron chi connectivity index (χ3n) is 4.99. The van der Waals surface area contributed by atoms with E-state index in [4.69, 9.17) is 0 Å². The molecule has 0 saturated heterocycles. The van der Waals surface area contributed by atoms with Crippen molar-refractivity contribution in [1.29, 1.82) is 0 Å². The third kappa shape index (κ3) is 3.84. The van der Waals surface area contributed by atoms with E-state index in [0.717, 1.165) is 17.7 Å². The number of nitrogens with one attached hydrogen (secondary N) is 1. The molecule has 6 nitrogen and oxygen atoms in total. The van der Waals surface area contributed by atoms with Crippen LogP contribution in [-0.4, -0.2) is 29.4 Å². The summed E-state index contributed by atoms with van der Waals surface area (Å²) in [6.07, 6.45) is 0.821. The normalized spacial score (nSPS) is 12.4. The minimum atomic E-state index is -1.14. The number of rotatable bonds is 4. The van der Waals surface area contributed by atoms with Gasteiger partial charge in [0, 0.05) is 27.8 Å². The molecular formula is C23H17BrN2O4. The molecule has 30 heavy (non-hydrogen) atoms. The molecule has 0 saturated carbocycles. The first-order valence-electron chi connectivity index (χ1n) is 9.28. The van der Waals surface area contributed by atoms with Gasteiger partial charge < -0.3 is 15.3 Å². The lowest BCUT2D eigenvalue weighted by Crippen LogP contribution is -2.28. The topological polar surface area (TPSA) is 86.7 Å². The van der Waals surface area contributed by atoms with Crippen LogP contribution in [0.4, 0.5) is 11.4 Å². The van der Waals surface area contributed by atoms with Gasteiger partial charge in [0.15, 0.2) is 0 Å². The predicted octanol–water partition coefficient (Wildman–Crippen LogP) is 4.60. The lowest BCUT2D eigenvalue weighted by atomic mass is 10.1. The van der Waals surface area contributed by atoms with Gasteiger partial charge in [0.25, 0.3) is 11.8 Å². The van der Waals surface area contributed by atoms with Crippen molar-refractivity contribution >= 4 is 45.1 Å². The van der Waals surface area contributed by atoms with Gasteiger partial charge in [-0.3, -0.25) is 9.59 Å². The highest BCUT2D eigenvalue weighted by molar-refractivity contribution is 9.10. The second-order valence-electron chi connectivity index (χ2n) is 6.86. The Balaban J connectivity index is 1.51. The number of nitrogens with zero attached hydrogens (tertiary/aromatic N) is 1. The first-order chi connectivity index (χ1) is 14.4. The Morgan fingerprint density at radius 2 is 1.63 bits per heavy atom. The van der Waals surface area contributed by atoms with Crippen molar-refractivity contribution in [3.8, 4) is 0 Å². The lowest BCUT2D eigenvalue weighted by molar-refractivity contribution is 0.0697. The van der Waals surface area contributed by atoms with Gasteiger partial charge in [-0.15, -0.1) is 0 Å². The standard InChI is InChI=1S/C23H17BrN2O4/c24-17-9-10-19(18(13-17)23(29)30)25-21(27)15-5-7-16(8-6-15)22(28)26-12-11-14-3-1-2-4-20(14)26/h1-10,13H,11-12H2,(H,25,27)(H,29,30). The van der Waals surface area contributed by atoms with Crippen LogP contribution in [0.5, 0.6) is 0 Å². The number of hydrogen-bond acceptors (Lipinski definition) is 3. The number of benzene rings is 3. The summed E-state index contributed by atoms with van der Waals surface area (Å²) in [4.78, 5) is 38.6. The summed E-state index contributed by atoms with van der Waals surface area (Å²) < 4.78 is 0.601. The Labute approximate surface area is 181 Å². The highest BCUT2D eigenvalue weighted by Gasteiger charge is 2.25. The Kier molecular flexibility index (Phi) is 5.37. The molecule has 1 heterocycles. The van der Waals surface area contributed by atoms with E-state index in [1.54, 1.807) is 35.2 Å². The fourth-order valence-electron chi connectivity index (χ4n) is 3.47. The van der Waals surface area contributed by atoms with E-state index in [-0.39, 0.29) is 17.2 Å². The minimum absolute atomic E-state index is 0.0165. The molecule has 0 aliphatic carbocycles. The van der Waals surface area contributed by atoms with Gasteiger partial charge in [-0.2, -0.15) is 0 Å². The van der Waals surface area contributed by atoms with Crippen LogP contribution in [0.1, 0.15) is 36.6 Å². The highest BCUT2D eigenvalue weighted by Crippen LogP contribution is 2.29. The second kappa shape index (κ2) is 8.12. The summed E-state index contributed by atoms with van der Waals surface area (Å²) in [5.41, 5.74) is 3.05. The van der Waals surface area contributed by atoms with Crippen LogP contribution in [0, 0.1) is 0 Å². The molecule has 3 aromatic rings. The Bertz CT molecular complexity index is 1160. The smallest absolute Gasteiger partial charge is 0.337 e. The van der Waals surface area contributed by atoms with E-state index in [1.165, 1.54) is 12.1 Å². The number of halogens is 1. The van der Waals surface area contributed by atoms with Gasteiger partial charge in [0.2, 0.25) is 0 Å². The van der Waals surface area contributed by atoms with Gasteiger partial charge in [-0.1, -0.05) is 34.1 Å². The Hall–Kier alpha value is -3.45. The first kappa shape index (κ1) is 19.8. The molecule has 0 aromatic heterocycles. The lowest BCUT2D eigenvalue weighted by Gasteiger charge is -2.17. The van der Waals surface area contributed by atoms with Gasteiger partial charge in [0.05, 0.1) is 11.3 Å². The van der Waals surface area contributed by atoms with Crippen LogP contribution in [0.15, 0.2) is 71.2 Å². The SMILES string of the molecule is O=C(Nc1ccc(Br)cc1C(=O)O)c1ccc(C(=O)N2CCc3ccccc32)cc1. The van der Waals surface area contributed by atoms with Crippen molar-refractivity contribution in [3.63, 3.8) is 0 Å². The zero-order valence-electron chi connectivity index (χ0n) is 15.8.